The molecule has 0 aliphatic heterocycles. The van der Waals surface area contributed by atoms with Crippen LogP contribution in [0, 0.1) is 0 Å². The second-order valence-corrected chi connectivity index (χ2v) is 5.71. The Morgan fingerprint density at radius 1 is 1.16 bits per heavy atom. The van der Waals surface area contributed by atoms with Crippen LogP contribution in [0.3, 0.4) is 0 Å². The SMILES string of the molecule is CNC(CSCCCO)c1cccc2ccccc12. The van der Waals surface area contributed by atoms with E-state index in [0.717, 1.165) is 17.9 Å². The van der Waals surface area contributed by atoms with Gasteiger partial charge in [-0.1, -0.05) is 42.5 Å². The molecule has 0 amide bonds. The van der Waals surface area contributed by atoms with E-state index in [1.807, 2.05) is 18.8 Å². The van der Waals surface area contributed by atoms with Crippen molar-refractivity contribution in [1.82, 2.24) is 5.32 Å². The Morgan fingerprint density at radius 2 is 1.95 bits per heavy atom. The van der Waals surface area contributed by atoms with Crippen LogP contribution in [0.15, 0.2) is 42.5 Å². The Labute approximate surface area is 119 Å². The Kier molecular flexibility index (Phi) is 5.70. The van der Waals surface area contributed by atoms with Crippen LogP contribution in [-0.2, 0) is 0 Å². The molecule has 2 nitrogen and oxygen atoms in total. The van der Waals surface area contributed by atoms with Crippen molar-refractivity contribution in [3.05, 3.63) is 48.0 Å². The number of aliphatic hydroxyl groups is 1. The third kappa shape index (κ3) is 3.72. The lowest BCUT2D eigenvalue weighted by atomic mass is 10.00. The van der Waals surface area contributed by atoms with E-state index in [9.17, 15) is 0 Å². The molecule has 0 saturated carbocycles. The maximum Gasteiger partial charge on any atom is 0.0438 e. The fourth-order valence-electron chi connectivity index (χ4n) is 2.25. The van der Waals surface area contributed by atoms with Crippen molar-refractivity contribution in [3.63, 3.8) is 0 Å². The largest absolute Gasteiger partial charge is 0.396 e. The highest BCUT2D eigenvalue weighted by Crippen LogP contribution is 2.26. The van der Waals surface area contributed by atoms with Gasteiger partial charge in [-0.3, -0.25) is 0 Å². The lowest BCUT2D eigenvalue weighted by Gasteiger charge is -2.18. The highest BCUT2D eigenvalue weighted by Gasteiger charge is 2.11. The second kappa shape index (κ2) is 7.53. The number of aliphatic hydroxyl groups excluding tert-OH is 1. The van der Waals surface area contributed by atoms with Gasteiger partial charge in [0, 0.05) is 18.4 Å². The molecule has 2 rings (SSSR count). The Morgan fingerprint density at radius 3 is 2.74 bits per heavy atom. The van der Waals surface area contributed by atoms with E-state index in [-0.39, 0.29) is 6.61 Å². The first-order valence-corrected chi connectivity index (χ1v) is 7.86. The van der Waals surface area contributed by atoms with Crippen LogP contribution < -0.4 is 5.32 Å². The predicted octanol–water partition coefficient (Wildman–Crippen LogP) is 3.22. The summed E-state index contributed by atoms with van der Waals surface area (Å²) in [7, 11) is 2.01. The van der Waals surface area contributed by atoms with Gasteiger partial charge in [-0.25, -0.2) is 0 Å². The van der Waals surface area contributed by atoms with Gasteiger partial charge in [0.1, 0.15) is 0 Å². The topological polar surface area (TPSA) is 32.3 Å². The molecule has 0 aliphatic rings. The molecule has 2 aromatic rings. The maximum absolute atomic E-state index is 8.82. The molecule has 2 aromatic carbocycles. The van der Waals surface area contributed by atoms with Gasteiger partial charge in [0.05, 0.1) is 0 Å². The second-order valence-electron chi connectivity index (χ2n) is 4.56. The molecule has 102 valence electrons. The van der Waals surface area contributed by atoms with E-state index >= 15 is 0 Å². The van der Waals surface area contributed by atoms with Crippen LogP contribution >= 0.6 is 11.8 Å². The van der Waals surface area contributed by atoms with Gasteiger partial charge < -0.3 is 10.4 Å². The normalized spacial score (nSPS) is 12.7. The van der Waals surface area contributed by atoms with Crippen molar-refractivity contribution in [2.24, 2.45) is 0 Å². The van der Waals surface area contributed by atoms with Crippen molar-refractivity contribution in [1.29, 1.82) is 0 Å². The number of rotatable bonds is 7. The number of fused-ring (bicyclic) bond motifs is 1. The summed E-state index contributed by atoms with van der Waals surface area (Å²) in [5.41, 5.74) is 1.36. The summed E-state index contributed by atoms with van der Waals surface area (Å²) in [6.07, 6.45) is 0.872. The number of hydrogen-bond donors (Lipinski definition) is 2. The van der Waals surface area contributed by atoms with Gasteiger partial charge in [0.25, 0.3) is 0 Å². The molecule has 0 fully saturated rings. The first kappa shape index (κ1) is 14.4. The number of hydrogen-bond acceptors (Lipinski definition) is 3. The zero-order chi connectivity index (χ0) is 13.5. The quantitative estimate of drug-likeness (QED) is 0.761. The number of thioether (sulfide) groups is 1. The molecule has 1 atom stereocenters. The molecular formula is C16H21NOS. The standard InChI is InChI=1S/C16H21NOS/c1-17-16(12-19-11-5-10-18)15-9-4-7-13-6-2-3-8-14(13)15/h2-4,6-9,16-18H,5,10-12H2,1H3. The zero-order valence-corrected chi connectivity index (χ0v) is 12.1. The fourth-order valence-corrected chi connectivity index (χ4v) is 3.33. The fraction of sp³-hybridized carbons (Fsp3) is 0.375. The van der Waals surface area contributed by atoms with Crippen molar-refractivity contribution in [2.75, 3.05) is 25.2 Å². The van der Waals surface area contributed by atoms with E-state index < -0.39 is 0 Å². The van der Waals surface area contributed by atoms with Gasteiger partial charge in [0.15, 0.2) is 0 Å². The summed E-state index contributed by atoms with van der Waals surface area (Å²) < 4.78 is 0. The molecule has 0 spiro atoms. The van der Waals surface area contributed by atoms with Crippen molar-refractivity contribution in [3.8, 4) is 0 Å². The molecule has 0 radical (unpaired) electrons. The van der Waals surface area contributed by atoms with E-state index in [4.69, 9.17) is 5.11 Å². The molecular weight excluding hydrogens is 254 g/mol. The van der Waals surface area contributed by atoms with E-state index in [1.54, 1.807) is 0 Å². The monoisotopic (exact) mass is 275 g/mol. The first-order valence-electron chi connectivity index (χ1n) is 6.70. The van der Waals surface area contributed by atoms with Crippen LogP contribution in [0.5, 0.6) is 0 Å². The van der Waals surface area contributed by atoms with Gasteiger partial charge in [-0.05, 0) is 35.6 Å². The van der Waals surface area contributed by atoms with E-state index in [2.05, 4.69) is 47.8 Å². The minimum atomic E-state index is 0.283. The number of nitrogens with one attached hydrogen (secondary N) is 1. The summed E-state index contributed by atoms with van der Waals surface area (Å²) in [6.45, 7) is 0.283. The first-order chi connectivity index (χ1) is 9.36. The summed E-state index contributed by atoms with van der Waals surface area (Å²) in [4.78, 5) is 0. The highest BCUT2D eigenvalue weighted by atomic mass is 32.2. The lowest BCUT2D eigenvalue weighted by Crippen LogP contribution is -2.19. The predicted molar refractivity (Wildman–Crippen MR) is 84.8 cm³/mol. The molecule has 19 heavy (non-hydrogen) atoms. The maximum atomic E-state index is 8.82. The van der Waals surface area contributed by atoms with Gasteiger partial charge in [-0.2, -0.15) is 11.8 Å². The summed E-state index contributed by atoms with van der Waals surface area (Å²) >= 11 is 1.89. The molecule has 0 bridgehead atoms. The number of benzene rings is 2. The smallest absolute Gasteiger partial charge is 0.0438 e. The highest BCUT2D eigenvalue weighted by molar-refractivity contribution is 7.99. The lowest BCUT2D eigenvalue weighted by molar-refractivity contribution is 0.296. The van der Waals surface area contributed by atoms with Gasteiger partial charge in [-0.15, -0.1) is 0 Å². The van der Waals surface area contributed by atoms with Crippen LogP contribution in [-0.4, -0.2) is 30.3 Å². The molecule has 3 heteroatoms. The Balaban J connectivity index is 2.16. The summed E-state index contributed by atoms with van der Waals surface area (Å²) in [5.74, 6) is 2.05. The van der Waals surface area contributed by atoms with Crippen molar-refractivity contribution in [2.45, 2.75) is 12.5 Å². The average molecular weight is 275 g/mol. The Hall–Kier alpha value is -1.03. The van der Waals surface area contributed by atoms with E-state index in [1.165, 1.54) is 16.3 Å². The molecule has 0 aromatic heterocycles. The molecule has 2 N–H and O–H groups in total. The van der Waals surface area contributed by atoms with Gasteiger partial charge in [0.2, 0.25) is 0 Å². The average Bonchev–Trinajstić information content (AvgIpc) is 2.47. The third-order valence-electron chi connectivity index (χ3n) is 3.28. The van der Waals surface area contributed by atoms with E-state index in [0.29, 0.717) is 6.04 Å². The van der Waals surface area contributed by atoms with Crippen LogP contribution in [0.2, 0.25) is 0 Å². The molecule has 0 saturated heterocycles. The van der Waals surface area contributed by atoms with Crippen LogP contribution in [0.1, 0.15) is 18.0 Å². The summed E-state index contributed by atoms with van der Waals surface area (Å²) in [5, 5.41) is 14.8. The van der Waals surface area contributed by atoms with Crippen molar-refractivity contribution >= 4 is 22.5 Å². The van der Waals surface area contributed by atoms with Crippen LogP contribution in [0.4, 0.5) is 0 Å². The van der Waals surface area contributed by atoms with Crippen LogP contribution in [0.25, 0.3) is 10.8 Å². The molecule has 0 aliphatic carbocycles. The third-order valence-corrected chi connectivity index (χ3v) is 4.42. The zero-order valence-electron chi connectivity index (χ0n) is 11.3. The molecule has 0 heterocycles. The molecule has 1 unspecified atom stereocenters. The van der Waals surface area contributed by atoms with Crippen molar-refractivity contribution < 1.29 is 5.11 Å². The van der Waals surface area contributed by atoms with Gasteiger partial charge >= 0.3 is 0 Å². The minimum Gasteiger partial charge on any atom is -0.396 e. The summed E-state index contributed by atoms with van der Waals surface area (Å²) in [6, 6.07) is 15.4. The Bertz CT molecular complexity index is 510. The minimum absolute atomic E-state index is 0.283.